The SMILES string of the molecule is Cc1cnc2[nH]cc(-c3cccc(N(C)C4CCC4)c3)c2c1N(C)S(=O)(=O)c1ccn[nH]1. The first-order chi connectivity index (χ1) is 15.4. The zero-order valence-electron chi connectivity index (χ0n) is 18.3. The molecule has 32 heavy (non-hydrogen) atoms. The van der Waals surface area contributed by atoms with E-state index in [0.717, 1.165) is 27.8 Å². The smallest absolute Gasteiger partial charge is 0.281 e. The lowest BCUT2D eigenvalue weighted by Crippen LogP contribution is -2.37. The normalized spacial score (nSPS) is 14.5. The number of fused-ring (bicyclic) bond motifs is 1. The number of H-pyrrole nitrogens is 2. The van der Waals surface area contributed by atoms with Crippen molar-refractivity contribution in [1.82, 2.24) is 20.2 Å². The summed E-state index contributed by atoms with van der Waals surface area (Å²) >= 11 is 0. The van der Waals surface area contributed by atoms with E-state index in [-0.39, 0.29) is 5.03 Å². The van der Waals surface area contributed by atoms with Crippen LogP contribution in [0.5, 0.6) is 0 Å². The lowest BCUT2D eigenvalue weighted by molar-refractivity contribution is 0.401. The minimum Gasteiger partial charge on any atom is -0.372 e. The van der Waals surface area contributed by atoms with Gasteiger partial charge in [0.1, 0.15) is 5.65 Å². The Morgan fingerprint density at radius 2 is 1.97 bits per heavy atom. The molecule has 1 saturated carbocycles. The zero-order valence-corrected chi connectivity index (χ0v) is 19.1. The van der Waals surface area contributed by atoms with Crippen LogP contribution < -0.4 is 9.21 Å². The number of aryl methyl sites for hydroxylation is 1. The molecule has 0 spiro atoms. The lowest BCUT2D eigenvalue weighted by Gasteiger charge is -2.36. The highest BCUT2D eigenvalue weighted by molar-refractivity contribution is 7.92. The van der Waals surface area contributed by atoms with Crippen LogP contribution in [0.25, 0.3) is 22.2 Å². The van der Waals surface area contributed by atoms with Crippen molar-refractivity contribution in [3.05, 3.63) is 54.5 Å². The highest BCUT2D eigenvalue weighted by atomic mass is 32.2. The molecule has 0 radical (unpaired) electrons. The van der Waals surface area contributed by atoms with Gasteiger partial charge in [-0.2, -0.15) is 13.5 Å². The standard InChI is InChI=1S/C23H26N6O2S/c1-15-13-24-23-21(22(15)29(3)32(30,31)20-10-11-26-27-20)19(14-25-23)16-6-4-9-18(12-16)28(2)17-7-5-8-17/h4,6,9-14,17H,5,7-8H2,1-3H3,(H,24,25)(H,26,27). The minimum atomic E-state index is -3.80. The van der Waals surface area contributed by atoms with Crippen molar-refractivity contribution < 1.29 is 8.42 Å². The number of rotatable bonds is 6. The lowest BCUT2D eigenvalue weighted by atomic mass is 9.91. The van der Waals surface area contributed by atoms with Gasteiger partial charge in [0.15, 0.2) is 5.03 Å². The minimum absolute atomic E-state index is 0.0468. The second-order valence-corrected chi connectivity index (χ2v) is 10.3. The number of aromatic amines is 2. The number of anilines is 2. The van der Waals surface area contributed by atoms with Gasteiger partial charge in [0.05, 0.1) is 17.3 Å². The molecule has 0 saturated heterocycles. The highest BCUT2D eigenvalue weighted by Crippen LogP contribution is 2.39. The van der Waals surface area contributed by atoms with Crippen molar-refractivity contribution in [1.29, 1.82) is 0 Å². The summed E-state index contributed by atoms with van der Waals surface area (Å²) in [6.45, 7) is 1.87. The summed E-state index contributed by atoms with van der Waals surface area (Å²) in [5, 5.41) is 7.19. The average molecular weight is 451 g/mol. The van der Waals surface area contributed by atoms with Gasteiger partial charge >= 0.3 is 0 Å². The van der Waals surface area contributed by atoms with Gasteiger partial charge in [-0.15, -0.1) is 0 Å². The van der Waals surface area contributed by atoms with Crippen molar-refractivity contribution in [2.75, 3.05) is 23.3 Å². The fourth-order valence-electron chi connectivity index (χ4n) is 4.34. The van der Waals surface area contributed by atoms with Crippen LogP contribution in [0.1, 0.15) is 24.8 Å². The molecule has 1 aliphatic carbocycles. The number of hydrogen-bond donors (Lipinski definition) is 2. The Hall–Kier alpha value is -3.33. The van der Waals surface area contributed by atoms with Crippen molar-refractivity contribution in [2.24, 2.45) is 0 Å². The Morgan fingerprint density at radius 1 is 1.16 bits per heavy atom. The largest absolute Gasteiger partial charge is 0.372 e. The van der Waals surface area contributed by atoms with Crippen LogP contribution in [0.4, 0.5) is 11.4 Å². The number of benzene rings is 1. The van der Waals surface area contributed by atoms with E-state index in [1.807, 2.05) is 19.2 Å². The van der Waals surface area contributed by atoms with Gasteiger partial charge < -0.3 is 9.88 Å². The summed E-state index contributed by atoms with van der Waals surface area (Å²) in [6.07, 6.45) is 8.75. The van der Waals surface area contributed by atoms with Gasteiger partial charge in [0.2, 0.25) is 0 Å². The van der Waals surface area contributed by atoms with Crippen LogP contribution in [0, 0.1) is 6.92 Å². The highest BCUT2D eigenvalue weighted by Gasteiger charge is 2.28. The summed E-state index contributed by atoms with van der Waals surface area (Å²) < 4.78 is 27.8. The Morgan fingerprint density at radius 3 is 2.66 bits per heavy atom. The number of aromatic nitrogens is 4. The average Bonchev–Trinajstić information content (AvgIpc) is 3.43. The molecule has 0 atom stereocenters. The van der Waals surface area contributed by atoms with Gasteiger partial charge in [-0.25, -0.2) is 4.98 Å². The van der Waals surface area contributed by atoms with Crippen molar-refractivity contribution in [3.8, 4) is 11.1 Å². The topological polar surface area (TPSA) is 98.0 Å². The van der Waals surface area contributed by atoms with E-state index in [1.54, 1.807) is 13.2 Å². The van der Waals surface area contributed by atoms with Crippen LogP contribution in [0.3, 0.4) is 0 Å². The Labute approximate surface area is 187 Å². The predicted molar refractivity (Wildman–Crippen MR) is 126 cm³/mol. The number of hydrogen-bond acceptors (Lipinski definition) is 5. The Balaban J connectivity index is 1.65. The Bertz CT molecular complexity index is 1370. The molecule has 0 amide bonds. The van der Waals surface area contributed by atoms with Crippen molar-refractivity contribution >= 4 is 32.4 Å². The molecule has 1 fully saturated rings. The summed E-state index contributed by atoms with van der Waals surface area (Å²) in [4.78, 5) is 10.1. The second kappa shape index (κ2) is 7.67. The number of nitrogens with zero attached hydrogens (tertiary/aromatic N) is 4. The monoisotopic (exact) mass is 450 g/mol. The van der Waals surface area contributed by atoms with Gasteiger partial charge in [0, 0.05) is 43.8 Å². The third-order valence-corrected chi connectivity index (χ3v) is 8.16. The third-order valence-electron chi connectivity index (χ3n) is 6.47. The van der Waals surface area contributed by atoms with Crippen LogP contribution >= 0.6 is 0 Å². The molecule has 3 heterocycles. The molecule has 0 bridgehead atoms. The van der Waals surface area contributed by atoms with Crippen molar-refractivity contribution in [3.63, 3.8) is 0 Å². The fourth-order valence-corrected chi connectivity index (χ4v) is 5.51. The first-order valence-electron chi connectivity index (χ1n) is 10.7. The molecular weight excluding hydrogens is 424 g/mol. The molecule has 4 aromatic rings. The van der Waals surface area contributed by atoms with Gasteiger partial charge in [0.25, 0.3) is 10.0 Å². The Kier molecular flexibility index (Phi) is 4.93. The quantitative estimate of drug-likeness (QED) is 0.461. The molecule has 0 unspecified atom stereocenters. The molecule has 5 rings (SSSR count). The summed E-state index contributed by atoms with van der Waals surface area (Å²) in [5.41, 5.74) is 5.10. The molecule has 9 heteroatoms. The maximum atomic E-state index is 13.2. The van der Waals surface area contributed by atoms with E-state index in [0.29, 0.717) is 17.4 Å². The second-order valence-electron chi connectivity index (χ2n) is 8.36. The van der Waals surface area contributed by atoms with Gasteiger partial charge in [-0.1, -0.05) is 12.1 Å². The number of nitrogens with one attached hydrogen (secondary N) is 2. The predicted octanol–water partition coefficient (Wildman–Crippen LogP) is 4.08. The van der Waals surface area contributed by atoms with Crippen LogP contribution in [0.15, 0.2) is 53.9 Å². The summed E-state index contributed by atoms with van der Waals surface area (Å²) in [5.74, 6) is 0. The van der Waals surface area contributed by atoms with E-state index in [9.17, 15) is 8.42 Å². The molecule has 3 aromatic heterocycles. The molecule has 0 aliphatic heterocycles. The fraction of sp³-hybridized carbons (Fsp3) is 0.304. The molecule has 1 aromatic carbocycles. The van der Waals surface area contributed by atoms with Crippen LogP contribution in [-0.2, 0) is 10.0 Å². The zero-order chi connectivity index (χ0) is 22.5. The molecule has 1 aliphatic rings. The van der Waals surface area contributed by atoms with E-state index in [2.05, 4.69) is 50.3 Å². The van der Waals surface area contributed by atoms with Gasteiger partial charge in [-0.05, 0) is 55.5 Å². The first-order valence-corrected chi connectivity index (χ1v) is 12.1. The third kappa shape index (κ3) is 3.24. The summed E-state index contributed by atoms with van der Waals surface area (Å²) in [7, 11) is -0.0988. The van der Waals surface area contributed by atoms with Crippen LogP contribution in [-0.4, -0.2) is 48.7 Å². The number of sulfonamides is 1. The molecule has 2 N–H and O–H groups in total. The first kappa shape index (κ1) is 20.6. The van der Waals surface area contributed by atoms with Crippen LogP contribution in [0.2, 0.25) is 0 Å². The molecule has 166 valence electrons. The van der Waals surface area contributed by atoms with Gasteiger partial charge in [-0.3, -0.25) is 9.40 Å². The van der Waals surface area contributed by atoms with E-state index in [1.165, 1.54) is 35.8 Å². The van der Waals surface area contributed by atoms with E-state index >= 15 is 0 Å². The summed E-state index contributed by atoms with van der Waals surface area (Å²) in [6, 6.07) is 10.4. The maximum Gasteiger partial charge on any atom is 0.281 e. The maximum absolute atomic E-state index is 13.2. The van der Waals surface area contributed by atoms with E-state index < -0.39 is 10.0 Å². The molecule has 8 nitrogen and oxygen atoms in total. The van der Waals surface area contributed by atoms with E-state index in [4.69, 9.17) is 0 Å². The van der Waals surface area contributed by atoms with Crippen molar-refractivity contribution in [2.45, 2.75) is 37.3 Å². The number of pyridine rings is 1. The molecular formula is C23H26N6O2S.